The van der Waals surface area contributed by atoms with Crippen molar-refractivity contribution >= 4 is 28.0 Å². The van der Waals surface area contributed by atoms with E-state index in [0.29, 0.717) is 0 Å². The van der Waals surface area contributed by atoms with Crippen LogP contribution in [-0.4, -0.2) is 0 Å². The summed E-state index contributed by atoms with van der Waals surface area (Å²) in [6, 6.07) is 73.3. The van der Waals surface area contributed by atoms with Crippen molar-refractivity contribution in [1.82, 2.24) is 0 Å². The van der Waals surface area contributed by atoms with Crippen LogP contribution in [0.2, 0.25) is 0 Å². The van der Waals surface area contributed by atoms with E-state index in [9.17, 15) is 0 Å². The first-order valence-corrected chi connectivity index (χ1v) is 18.1. The Morgan fingerprint density at radius 1 is 0.340 bits per heavy atom. The minimum absolute atomic E-state index is 0.917. The average Bonchev–Trinajstić information content (AvgIpc) is 3.58. The molecule has 0 aliphatic carbocycles. The van der Waals surface area contributed by atoms with Crippen molar-refractivity contribution in [3.63, 3.8) is 0 Å². The van der Waals surface area contributed by atoms with Crippen LogP contribution in [0.5, 0.6) is 0 Å². The molecule has 0 saturated heterocycles. The van der Waals surface area contributed by atoms with E-state index < -0.39 is 0 Å². The highest BCUT2D eigenvalue weighted by molar-refractivity contribution is 5.89. The highest BCUT2D eigenvalue weighted by atomic mass is 16.3. The summed E-state index contributed by atoms with van der Waals surface area (Å²) >= 11 is 0. The molecular weight excluding hydrogens is 643 g/mol. The van der Waals surface area contributed by atoms with E-state index in [1.54, 1.807) is 0 Å². The van der Waals surface area contributed by atoms with Crippen LogP contribution in [0.25, 0.3) is 66.8 Å². The normalized spacial score (nSPS) is 11.1. The third-order valence-corrected chi connectivity index (χ3v) is 10.1. The van der Waals surface area contributed by atoms with Crippen molar-refractivity contribution in [1.29, 1.82) is 0 Å². The van der Waals surface area contributed by atoms with E-state index in [2.05, 4.69) is 206 Å². The van der Waals surface area contributed by atoms with Gasteiger partial charge < -0.3 is 9.32 Å². The van der Waals surface area contributed by atoms with Crippen LogP contribution in [0.1, 0.15) is 5.56 Å². The van der Waals surface area contributed by atoms with Crippen molar-refractivity contribution in [2.45, 2.75) is 6.92 Å². The van der Waals surface area contributed by atoms with E-state index in [0.717, 1.165) is 56.0 Å². The third-order valence-electron chi connectivity index (χ3n) is 10.1. The van der Waals surface area contributed by atoms with Crippen LogP contribution in [0.15, 0.2) is 211 Å². The largest absolute Gasteiger partial charge is 0.456 e. The lowest BCUT2D eigenvalue weighted by Crippen LogP contribution is -2.09. The zero-order valence-electron chi connectivity index (χ0n) is 29.5. The van der Waals surface area contributed by atoms with Gasteiger partial charge in [0.1, 0.15) is 11.3 Å². The van der Waals surface area contributed by atoms with Crippen LogP contribution in [0.3, 0.4) is 0 Å². The minimum Gasteiger partial charge on any atom is -0.456 e. The quantitative estimate of drug-likeness (QED) is 0.159. The molecule has 0 N–H and O–H groups in total. The summed E-state index contributed by atoms with van der Waals surface area (Å²) in [7, 11) is 0. The van der Waals surface area contributed by atoms with Gasteiger partial charge in [-0.3, -0.25) is 0 Å². The van der Waals surface area contributed by atoms with Gasteiger partial charge in [-0.15, -0.1) is 0 Å². The number of anilines is 3. The molecular formula is C51H37NO. The van der Waals surface area contributed by atoms with Gasteiger partial charge in [0.15, 0.2) is 0 Å². The third kappa shape index (κ3) is 6.32. The fourth-order valence-corrected chi connectivity index (χ4v) is 7.37. The summed E-state index contributed by atoms with van der Waals surface area (Å²) < 4.78 is 6.32. The number of aryl methyl sites for hydroxylation is 1. The molecule has 0 amide bonds. The predicted molar refractivity (Wildman–Crippen MR) is 223 cm³/mol. The Morgan fingerprint density at radius 2 is 0.755 bits per heavy atom. The molecule has 0 aliphatic heterocycles. The van der Waals surface area contributed by atoms with Gasteiger partial charge >= 0.3 is 0 Å². The molecule has 0 spiro atoms. The molecule has 0 atom stereocenters. The molecule has 9 aromatic rings. The van der Waals surface area contributed by atoms with Crippen molar-refractivity contribution < 1.29 is 4.42 Å². The maximum absolute atomic E-state index is 6.32. The number of rotatable bonds is 8. The Hall–Kier alpha value is -6.90. The van der Waals surface area contributed by atoms with Crippen LogP contribution in [-0.2, 0) is 0 Å². The SMILES string of the molecule is Cc1c(-c2cccc(-c3ccc(N(c4ccc(-c5ccccc5)cc4)c4ccc(-c5ccccc5-c5ccccc5)cc4)cc3)c2)oc2ccccc12. The molecule has 0 aliphatic rings. The first kappa shape index (κ1) is 32.0. The molecule has 8 aromatic carbocycles. The van der Waals surface area contributed by atoms with Gasteiger partial charge in [0, 0.05) is 33.6 Å². The summed E-state index contributed by atoms with van der Waals surface area (Å²) in [6.45, 7) is 2.14. The van der Waals surface area contributed by atoms with Gasteiger partial charge in [0.2, 0.25) is 0 Å². The number of para-hydroxylation sites is 1. The minimum atomic E-state index is 0.917. The number of hydrogen-bond donors (Lipinski definition) is 0. The Balaban J connectivity index is 1.08. The molecule has 1 aromatic heterocycles. The van der Waals surface area contributed by atoms with E-state index in [1.807, 2.05) is 12.1 Å². The molecule has 0 unspecified atom stereocenters. The van der Waals surface area contributed by atoms with E-state index in [1.165, 1.54) is 33.4 Å². The zero-order valence-corrected chi connectivity index (χ0v) is 29.5. The summed E-state index contributed by atoms with van der Waals surface area (Å²) in [5.74, 6) is 0.921. The second-order valence-corrected chi connectivity index (χ2v) is 13.4. The summed E-state index contributed by atoms with van der Waals surface area (Å²) in [5, 5.41) is 1.16. The highest BCUT2D eigenvalue weighted by Gasteiger charge is 2.16. The molecule has 9 rings (SSSR count). The van der Waals surface area contributed by atoms with Gasteiger partial charge in [-0.1, -0.05) is 158 Å². The molecule has 2 heteroatoms. The van der Waals surface area contributed by atoms with E-state index in [4.69, 9.17) is 4.42 Å². The van der Waals surface area contributed by atoms with Crippen molar-refractivity contribution in [3.05, 3.63) is 212 Å². The first-order valence-electron chi connectivity index (χ1n) is 18.1. The second-order valence-electron chi connectivity index (χ2n) is 13.4. The monoisotopic (exact) mass is 679 g/mol. The number of furan rings is 1. The first-order chi connectivity index (χ1) is 26.2. The van der Waals surface area contributed by atoms with Crippen LogP contribution >= 0.6 is 0 Å². The van der Waals surface area contributed by atoms with Gasteiger partial charge in [-0.25, -0.2) is 0 Å². The Labute approximate surface area is 310 Å². The number of hydrogen-bond acceptors (Lipinski definition) is 2. The number of nitrogens with zero attached hydrogens (tertiary/aromatic N) is 1. The van der Waals surface area contributed by atoms with Crippen molar-refractivity contribution in [2.24, 2.45) is 0 Å². The fourth-order valence-electron chi connectivity index (χ4n) is 7.37. The molecule has 2 nitrogen and oxygen atoms in total. The number of fused-ring (bicyclic) bond motifs is 1. The highest BCUT2D eigenvalue weighted by Crippen LogP contribution is 2.40. The lowest BCUT2D eigenvalue weighted by atomic mass is 9.94. The average molecular weight is 680 g/mol. The van der Waals surface area contributed by atoms with Crippen molar-refractivity contribution in [2.75, 3.05) is 4.90 Å². The molecule has 0 bridgehead atoms. The van der Waals surface area contributed by atoms with Crippen LogP contribution in [0.4, 0.5) is 17.1 Å². The van der Waals surface area contributed by atoms with Gasteiger partial charge in [0.25, 0.3) is 0 Å². The van der Waals surface area contributed by atoms with Crippen molar-refractivity contribution in [3.8, 4) is 55.8 Å². The van der Waals surface area contributed by atoms with Crippen LogP contribution in [0, 0.1) is 6.92 Å². The molecule has 0 fully saturated rings. The maximum Gasteiger partial charge on any atom is 0.138 e. The van der Waals surface area contributed by atoms with Gasteiger partial charge in [-0.05, 0) is 100.0 Å². The Kier molecular flexibility index (Phi) is 8.47. The maximum atomic E-state index is 6.32. The van der Waals surface area contributed by atoms with Crippen LogP contribution < -0.4 is 4.90 Å². The zero-order chi connectivity index (χ0) is 35.6. The molecule has 0 radical (unpaired) electrons. The van der Waals surface area contributed by atoms with Gasteiger partial charge in [0.05, 0.1) is 0 Å². The topological polar surface area (TPSA) is 16.4 Å². The molecule has 1 heterocycles. The second kappa shape index (κ2) is 14.0. The summed E-state index contributed by atoms with van der Waals surface area (Å²) in [6.07, 6.45) is 0. The lowest BCUT2D eigenvalue weighted by molar-refractivity contribution is 0.629. The molecule has 0 saturated carbocycles. The summed E-state index contributed by atoms with van der Waals surface area (Å²) in [5.41, 5.74) is 16.0. The Morgan fingerprint density at radius 3 is 1.34 bits per heavy atom. The standard InChI is InChI=1S/C51H37NO/c1-36-47-19-10-11-22-50(47)53-51(36)43-18-12-17-42(35-43)39-25-31-45(32-26-39)52(44-29-23-38(24-30-44)37-13-4-2-5-14-37)46-33-27-41(28-34-46)49-21-9-8-20-48(49)40-15-6-3-7-16-40/h2-35H,1H3. The van der Waals surface area contributed by atoms with E-state index >= 15 is 0 Å². The van der Waals surface area contributed by atoms with Gasteiger partial charge in [-0.2, -0.15) is 0 Å². The summed E-state index contributed by atoms with van der Waals surface area (Å²) in [4.78, 5) is 2.33. The number of benzene rings is 8. The molecule has 53 heavy (non-hydrogen) atoms. The predicted octanol–water partition coefficient (Wildman–Crippen LogP) is 14.5. The fraction of sp³-hybridized carbons (Fsp3) is 0.0196. The smallest absolute Gasteiger partial charge is 0.138 e. The molecule has 252 valence electrons. The Bertz CT molecular complexity index is 2640. The lowest BCUT2D eigenvalue weighted by Gasteiger charge is -2.26. The van der Waals surface area contributed by atoms with E-state index in [-0.39, 0.29) is 0 Å².